The molecule has 5 heteroatoms. The average molecular weight is 242 g/mol. The molecule has 0 aliphatic rings. The lowest BCUT2D eigenvalue weighted by Gasteiger charge is -2.16. The normalized spacial score (nSPS) is 13.9. The summed E-state index contributed by atoms with van der Waals surface area (Å²) in [4.78, 5) is 4.29. The van der Waals surface area contributed by atoms with E-state index < -0.39 is 5.54 Å². The number of nitrogens with two attached hydrogens (primary N) is 1. The highest BCUT2D eigenvalue weighted by atomic mass is 16.5. The summed E-state index contributed by atoms with van der Waals surface area (Å²) in [6, 6.07) is 9.02. The van der Waals surface area contributed by atoms with Crippen molar-refractivity contribution in [3.05, 3.63) is 35.7 Å². The molecule has 1 atom stereocenters. The maximum Gasteiger partial charge on any atom is 0.257 e. The second kappa shape index (κ2) is 4.59. The monoisotopic (exact) mass is 242 g/mol. The van der Waals surface area contributed by atoms with Crippen molar-refractivity contribution < 1.29 is 4.52 Å². The first kappa shape index (κ1) is 12.3. The van der Waals surface area contributed by atoms with Crippen LogP contribution in [0.25, 0.3) is 11.5 Å². The van der Waals surface area contributed by atoms with Gasteiger partial charge in [0.1, 0.15) is 0 Å². The van der Waals surface area contributed by atoms with Crippen molar-refractivity contribution >= 4 is 0 Å². The van der Waals surface area contributed by atoms with Gasteiger partial charge in [-0.15, -0.1) is 0 Å². The van der Waals surface area contributed by atoms with E-state index in [1.165, 1.54) is 0 Å². The fraction of sp³-hybridized carbons (Fsp3) is 0.308. The van der Waals surface area contributed by atoms with E-state index >= 15 is 0 Å². The highest BCUT2D eigenvalue weighted by Crippen LogP contribution is 2.23. The molecule has 0 aliphatic heterocycles. The highest BCUT2D eigenvalue weighted by Gasteiger charge is 2.25. The molecule has 0 saturated heterocycles. The minimum absolute atomic E-state index is 0.416. The van der Waals surface area contributed by atoms with E-state index in [0.717, 1.165) is 12.0 Å². The van der Waals surface area contributed by atoms with Gasteiger partial charge in [-0.2, -0.15) is 10.2 Å². The third-order valence-corrected chi connectivity index (χ3v) is 2.93. The molecule has 1 unspecified atom stereocenters. The Morgan fingerprint density at radius 2 is 2.06 bits per heavy atom. The van der Waals surface area contributed by atoms with Gasteiger partial charge < -0.3 is 10.3 Å². The third-order valence-electron chi connectivity index (χ3n) is 2.93. The van der Waals surface area contributed by atoms with E-state index in [4.69, 9.17) is 15.5 Å². The van der Waals surface area contributed by atoms with Crippen molar-refractivity contribution in [1.29, 1.82) is 5.26 Å². The zero-order valence-corrected chi connectivity index (χ0v) is 10.3. The molecule has 0 spiro atoms. The largest absolute Gasteiger partial charge is 0.334 e. The first-order chi connectivity index (χ1) is 8.56. The number of rotatable bonds is 3. The van der Waals surface area contributed by atoms with Crippen molar-refractivity contribution in [2.45, 2.75) is 25.8 Å². The standard InChI is InChI=1S/C13H14N4O/c1-3-13(2,15)12-16-11(18-17-12)10-6-4-9(8-14)5-7-10/h4-7H,3,15H2,1-2H3. The summed E-state index contributed by atoms with van der Waals surface area (Å²) in [6.07, 6.45) is 0.722. The quantitative estimate of drug-likeness (QED) is 0.891. The molecule has 0 bridgehead atoms. The minimum atomic E-state index is -0.589. The van der Waals surface area contributed by atoms with E-state index in [1.807, 2.05) is 13.8 Å². The van der Waals surface area contributed by atoms with Gasteiger partial charge in [-0.1, -0.05) is 12.1 Å². The molecule has 18 heavy (non-hydrogen) atoms. The van der Waals surface area contributed by atoms with Gasteiger partial charge in [0.25, 0.3) is 5.89 Å². The Morgan fingerprint density at radius 1 is 1.39 bits per heavy atom. The van der Waals surface area contributed by atoms with E-state index in [9.17, 15) is 0 Å². The zero-order chi connectivity index (χ0) is 13.2. The number of hydrogen-bond donors (Lipinski definition) is 1. The first-order valence-electron chi connectivity index (χ1n) is 5.70. The van der Waals surface area contributed by atoms with Crippen LogP contribution in [0.4, 0.5) is 0 Å². The summed E-state index contributed by atoms with van der Waals surface area (Å²) >= 11 is 0. The van der Waals surface area contributed by atoms with Crippen molar-refractivity contribution in [3.8, 4) is 17.5 Å². The molecule has 92 valence electrons. The van der Waals surface area contributed by atoms with Crippen molar-refractivity contribution in [2.75, 3.05) is 0 Å². The smallest absolute Gasteiger partial charge is 0.257 e. The van der Waals surface area contributed by atoms with E-state index in [1.54, 1.807) is 24.3 Å². The maximum absolute atomic E-state index is 8.72. The van der Waals surface area contributed by atoms with E-state index in [0.29, 0.717) is 17.3 Å². The minimum Gasteiger partial charge on any atom is -0.334 e. The fourth-order valence-corrected chi connectivity index (χ4v) is 1.42. The SMILES string of the molecule is CCC(C)(N)c1noc(-c2ccc(C#N)cc2)n1. The second-order valence-corrected chi connectivity index (χ2v) is 4.38. The number of aromatic nitrogens is 2. The summed E-state index contributed by atoms with van der Waals surface area (Å²) in [7, 11) is 0. The van der Waals surface area contributed by atoms with Crippen LogP contribution >= 0.6 is 0 Å². The van der Waals surface area contributed by atoms with Crippen LogP contribution in [0.3, 0.4) is 0 Å². The molecule has 2 aromatic rings. The van der Waals surface area contributed by atoms with Gasteiger partial charge in [-0.05, 0) is 37.6 Å². The molecule has 5 nitrogen and oxygen atoms in total. The maximum atomic E-state index is 8.72. The lowest BCUT2D eigenvalue weighted by Crippen LogP contribution is -2.33. The van der Waals surface area contributed by atoms with Crippen LogP contribution in [0.15, 0.2) is 28.8 Å². The van der Waals surface area contributed by atoms with Gasteiger partial charge in [0, 0.05) is 5.56 Å². The Bertz CT molecular complexity index is 578. The lowest BCUT2D eigenvalue weighted by molar-refractivity contribution is 0.379. The number of benzene rings is 1. The Morgan fingerprint density at radius 3 is 2.61 bits per heavy atom. The summed E-state index contributed by atoms with van der Waals surface area (Å²) in [6.45, 7) is 3.83. The summed E-state index contributed by atoms with van der Waals surface area (Å²) in [5, 5.41) is 12.6. The van der Waals surface area contributed by atoms with Crippen LogP contribution in [0.5, 0.6) is 0 Å². The first-order valence-corrected chi connectivity index (χ1v) is 5.70. The highest BCUT2D eigenvalue weighted by molar-refractivity contribution is 5.54. The second-order valence-electron chi connectivity index (χ2n) is 4.38. The summed E-state index contributed by atoms with van der Waals surface area (Å²) in [5.41, 5.74) is 6.83. The molecular weight excluding hydrogens is 228 g/mol. The third kappa shape index (κ3) is 2.24. The number of hydrogen-bond acceptors (Lipinski definition) is 5. The van der Waals surface area contributed by atoms with Crippen LogP contribution in [0.1, 0.15) is 31.7 Å². The molecule has 0 saturated carbocycles. The topological polar surface area (TPSA) is 88.7 Å². The van der Waals surface area contributed by atoms with Crippen LogP contribution in [-0.2, 0) is 5.54 Å². The molecular formula is C13H14N4O. The van der Waals surface area contributed by atoms with Crippen LogP contribution in [0, 0.1) is 11.3 Å². The van der Waals surface area contributed by atoms with Crippen molar-refractivity contribution in [2.24, 2.45) is 5.73 Å². The zero-order valence-electron chi connectivity index (χ0n) is 10.3. The molecule has 0 amide bonds. The van der Waals surface area contributed by atoms with Crippen molar-refractivity contribution in [3.63, 3.8) is 0 Å². The molecule has 1 aromatic heterocycles. The van der Waals surface area contributed by atoms with Gasteiger partial charge in [0.2, 0.25) is 0 Å². The van der Waals surface area contributed by atoms with Crippen LogP contribution in [0.2, 0.25) is 0 Å². The van der Waals surface area contributed by atoms with Crippen molar-refractivity contribution in [1.82, 2.24) is 10.1 Å². The predicted octanol–water partition coefficient (Wildman–Crippen LogP) is 2.19. The lowest BCUT2D eigenvalue weighted by atomic mass is 10.00. The molecule has 0 radical (unpaired) electrons. The van der Waals surface area contributed by atoms with Gasteiger partial charge in [0.05, 0.1) is 17.2 Å². The predicted molar refractivity (Wildman–Crippen MR) is 66.3 cm³/mol. The van der Waals surface area contributed by atoms with Gasteiger partial charge in [-0.3, -0.25) is 0 Å². The molecule has 0 fully saturated rings. The molecule has 1 heterocycles. The fourth-order valence-electron chi connectivity index (χ4n) is 1.42. The molecule has 2 N–H and O–H groups in total. The van der Waals surface area contributed by atoms with Gasteiger partial charge in [-0.25, -0.2) is 0 Å². The molecule has 2 rings (SSSR count). The molecule has 1 aromatic carbocycles. The Hall–Kier alpha value is -2.19. The van der Waals surface area contributed by atoms with E-state index in [2.05, 4.69) is 16.2 Å². The van der Waals surface area contributed by atoms with Crippen LogP contribution < -0.4 is 5.73 Å². The Balaban J connectivity index is 2.32. The Kier molecular flexibility index (Phi) is 3.13. The van der Waals surface area contributed by atoms with Gasteiger partial charge in [0.15, 0.2) is 5.82 Å². The Labute approximate surface area is 105 Å². The number of nitriles is 1. The average Bonchev–Trinajstić information content (AvgIpc) is 2.89. The van der Waals surface area contributed by atoms with Crippen LogP contribution in [-0.4, -0.2) is 10.1 Å². The van der Waals surface area contributed by atoms with Gasteiger partial charge >= 0.3 is 0 Å². The van der Waals surface area contributed by atoms with E-state index in [-0.39, 0.29) is 0 Å². The summed E-state index contributed by atoms with van der Waals surface area (Å²) < 4.78 is 5.19. The summed E-state index contributed by atoms with van der Waals surface area (Å²) in [5.74, 6) is 0.906. The molecule has 0 aliphatic carbocycles. The number of nitrogens with zero attached hydrogens (tertiary/aromatic N) is 3.